The van der Waals surface area contributed by atoms with E-state index in [1.807, 2.05) is 6.92 Å². The van der Waals surface area contributed by atoms with E-state index in [2.05, 4.69) is 50.4 Å². The molecule has 1 rings (SSSR count). The predicted octanol–water partition coefficient (Wildman–Crippen LogP) is 3.38. The molecular formula is C16H25NO2. The lowest BCUT2D eigenvalue weighted by Crippen LogP contribution is -2.39. The second-order valence-electron chi connectivity index (χ2n) is 4.89. The molecule has 1 aromatic carbocycles. The standard InChI is InChI=1S/C16H25NO2/c1-5-7-15(16(18)19-6-2)17-13(4)14-10-8-12(3)9-11-14/h8-11,13,15,17H,5-7H2,1-4H3/t13-,15?/m1/s1. The Morgan fingerprint density at radius 2 is 1.89 bits per heavy atom. The number of carbonyl (C=O) groups excluding carboxylic acids is 1. The molecule has 0 heterocycles. The second-order valence-corrected chi connectivity index (χ2v) is 4.89. The van der Waals surface area contributed by atoms with Crippen LogP contribution in [0.15, 0.2) is 24.3 Å². The first-order valence-electron chi connectivity index (χ1n) is 7.07. The lowest BCUT2D eigenvalue weighted by molar-refractivity contribution is -0.146. The fourth-order valence-corrected chi connectivity index (χ4v) is 2.05. The van der Waals surface area contributed by atoms with Crippen LogP contribution < -0.4 is 5.32 Å². The van der Waals surface area contributed by atoms with Gasteiger partial charge in [0.15, 0.2) is 0 Å². The second kappa shape index (κ2) is 7.95. The molecule has 3 nitrogen and oxygen atoms in total. The highest BCUT2D eigenvalue weighted by Crippen LogP contribution is 2.15. The first kappa shape index (κ1) is 15.7. The van der Waals surface area contributed by atoms with Crippen molar-refractivity contribution in [3.63, 3.8) is 0 Å². The van der Waals surface area contributed by atoms with Crippen LogP contribution in [0.3, 0.4) is 0 Å². The van der Waals surface area contributed by atoms with Gasteiger partial charge in [-0.2, -0.15) is 0 Å². The van der Waals surface area contributed by atoms with Gasteiger partial charge in [0.05, 0.1) is 6.61 Å². The largest absolute Gasteiger partial charge is 0.465 e. The van der Waals surface area contributed by atoms with Crippen LogP contribution in [-0.4, -0.2) is 18.6 Å². The molecule has 0 saturated heterocycles. The van der Waals surface area contributed by atoms with Gasteiger partial charge in [-0.3, -0.25) is 10.1 Å². The van der Waals surface area contributed by atoms with E-state index in [1.54, 1.807) is 0 Å². The summed E-state index contributed by atoms with van der Waals surface area (Å²) in [7, 11) is 0. The van der Waals surface area contributed by atoms with Crippen LogP contribution >= 0.6 is 0 Å². The van der Waals surface area contributed by atoms with E-state index in [9.17, 15) is 4.79 Å². The zero-order valence-electron chi connectivity index (χ0n) is 12.4. The number of esters is 1. The van der Waals surface area contributed by atoms with E-state index in [0.29, 0.717) is 6.61 Å². The molecule has 0 aliphatic heterocycles. The SMILES string of the molecule is CCCC(N[C@H](C)c1ccc(C)cc1)C(=O)OCC. The Balaban J connectivity index is 2.67. The summed E-state index contributed by atoms with van der Waals surface area (Å²) in [5.74, 6) is -0.150. The zero-order valence-corrected chi connectivity index (χ0v) is 12.4. The highest BCUT2D eigenvalue weighted by atomic mass is 16.5. The van der Waals surface area contributed by atoms with Crippen molar-refractivity contribution in [3.8, 4) is 0 Å². The van der Waals surface area contributed by atoms with Gasteiger partial charge >= 0.3 is 5.97 Å². The third kappa shape index (κ3) is 5.03. The van der Waals surface area contributed by atoms with E-state index in [0.717, 1.165) is 12.8 Å². The number of ether oxygens (including phenoxy) is 1. The fourth-order valence-electron chi connectivity index (χ4n) is 2.05. The van der Waals surface area contributed by atoms with Crippen LogP contribution in [0.5, 0.6) is 0 Å². The lowest BCUT2D eigenvalue weighted by Gasteiger charge is -2.22. The normalized spacial score (nSPS) is 13.9. The molecule has 3 heteroatoms. The molecule has 106 valence electrons. The molecule has 0 saturated carbocycles. The maximum absolute atomic E-state index is 11.9. The van der Waals surface area contributed by atoms with Crippen molar-refractivity contribution in [2.75, 3.05) is 6.61 Å². The Hall–Kier alpha value is -1.35. The Kier molecular flexibility index (Phi) is 6.57. The first-order valence-corrected chi connectivity index (χ1v) is 7.07. The van der Waals surface area contributed by atoms with E-state index in [4.69, 9.17) is 4.74 Å². The first-order chi connectivity index (χ1) is 9.08. The summed E-state index contributed by atoms with van der Waals surface area (Å²) < 4.78 is 5.11. The van der Waals surface area contributed by atoms with Gasteiger partial charge in [0.2, 0.25) is 0 Å². The Morgan fingerprint density at radius 3 is 2.42 bits per heavy atom. The average Bonchev–Trinajstić information content (AvgIpc) is 2.39. The highest BCUT2D eigenvalue weighted by Gasteiger charge is 2.21. The van der Waals surface area contributed by atoms with Gasteiger partial charge in [0, 0.05) is 6.04 Å². The number of benzene rings is 1. The number of carbonyl (C=O) groups is 1. The Morgan fingerprint density at radius 1 is 1.26 bits per heavy atom. The summed E-state index contributed by atoms with van der Waals surface area (Å²) in [5.41, 5.74) is 2.43. The molecule has 0 amide bonds. The van der Waals surface area contributed by atoms with Crippen molar-refractivity contribution < 1.29 is 9.53 Å². The molecule has 0 spiro atoms. The van der Waals surface area contributed by atoms with Crippen molar-refractivity contribution >= 4 is 5.97 Å². The van der Waals surface area contributed by atoms with E-state index in [-0.39, 0.29) is 18.1 Å². The third-order valence-electron chi connectivity index (χ3n) is 3.18. The van der Waals surface area contributed by atoms with E-state index >= 15 is 0 Å². The lowest BCUT2D eigenvalue weighted by atomic mass is 10.0. The predicted molar refractivity (Wildman–Crippen MR) is 78.1 cm³/mol. The molecule has 1 aromatic rings. The smallest absolute Gasteiger partial charge is 0.323 e. The van der Waals surface area contributed by atoms with Gasteiger partial charge in [0.1, 0.15) is 6.04 Å². The Bertz CT molecular complexity index is 386. The van der Waals surface area contributed by atoms with Crippen LogP contribution in [0.1, 0.15) is 50.8 Å². The topological polar surface area (TPSA) is 38.3 Å². The number of hydrogen-bond donors (Lipinski definition) is 1. The number of rotatable bonds is 7. The van der Waals surface area contributed by atoms with Gasteiger partial charge < -0.3 is 4.74 Å². The van der Waals surface area contributed by atoms with Gasteiger partial charge in [-0.15, -0.1) is 0 Å². The minimum Gasteiger partial charge on any atom is -0.465 e. The third-order valence-corrected chi connectivity index (χ3v) is 3.18. The van der Waals surface area contributed by atoms with Gasteiger partial charge in [-0.1, -0.05) is 43.2 Å². The van der Waals surface area contributed by atoms with Crippen LogP contribution in [0.4, 0.5) is 0 Å². The van der Waals surface area contributed by atoms with Crippen LogP contribution in [0.25, 0.3) is 0 Å². The molecule has 0 aliphatic rings. The molecule has 1 N–H and O–H groups in total. The summed E-state index contributed by atoms with van der Waals surface area (Å²) in [6, 6.07) is 8.30. The monoisotopic (exact) mass is 263 g/mol. The van der Waals surface area contributed by atoms with Crippen molar-refractivity contribution in [1.29, 1.82) is 0 Å². The zero-order chi connectivity index (χ0) is 14.3. The summed E-state index contributed by atoms with van der Waals surface area (Å²) in [5, 5.41) is 3.36. The molecule has 1 unspecified atom stereocenters. The van der Waals surface area contributed by atoms with E-state index < -0.39 is 0 Å². The number of hydrogen-bond acceptors (Lipinski definition) is 3. The van der Waals surface area contributed by atoms with Crippen LogP contribution in [0, 0.1) is 6.92 Å². The summed E-state index contributed by atoms with van der Waals surface area (Å²) in [6.45, 7) is 8.49. The summed E-state index contributed by atoms with van der Waals surface area (Å²) >= 11 is 0. The van der Waals surface area contributed by atoms with Gasteiger partial charge in [-0.05, 0) is 32.8 Å². The molecule has 0 aromatic heterocycles. The molecule has 0 radical (unpaired) electrons. The quantitative estimate of drug-likeness (QED) is 0.766. The molecule has 2 atom stereocenters. The fraction of sp³-hybridized carbons (Fsp3) is 0.562. The van der Waals surface area contributed by atoms with Gasteiger partial charge in [0.25, 0.3) is 0 Å². The Labute approximate surface area is 116 Å². The molecular weight excluding hydrogens is 238 g/mol. The molecule has 0 aliphatic carbocycles. The summed E-state index contributed by atoms with van der Waals surface area (Å²) in [6.07, 6.45) is 1.76. The maximum Gasteiger partial charge on any atom is 0.323 e. The van der Waals surface area contributed by atoms with Crippen molar-refractivity contribution in [3.05, 3.63) is 35.4 Å². The maximum atomic E-state index is 11.9. The molecule has 0 fully saturated rings. The van der Waals surface area contributed by atoms with Crippen molar-refractivity contribution in [2.24, 2.45) is 0 Å². The molecule has 19 heavy (non-hydrogen) atoms. The average molecular weight is 263 g/mol. The highest BCUT2D eigenvalue weighted by molar-refractivity contribution is 5.75. The van der Waals surface area contributed by atoms with E-state index in [1.165, 1.54) is 11.1 Å². The summed E-state index contributed by atoms with van der Waals surface area (Å²) in [4.78, 5) is 11.9. The van der Waals surface area contributed by atoms with Crippen LogP contribution in [-0.2, 0) is 9.53 Å². The van der Waals surface area contributed by atoms with Crippen LogP contribution in [0.2, 0.25) is 0 Å². The van der Waals surface area contributed by atoms with Crippen molar-refractivity contribution in [2.45, 2.75) is 52.6 Å². The number of aryl methyl sites for hydroxylation is 1. The molecule has 0 bridgehead atoms. The van der Waals surface area contributed by atoms with Crippen molar-refractivity contribution in [1.82, 2.24) is 5.32 Å². The minimum atomic E-state index is -0.221. The minimum absolute atomic E-state index is 0.140. The number of nitrogens with one attached hydrogen (secondary N) is 1. The van der Waals surface area contributed by atoms with Gasteiger partial charge in [-0.25, -0.2) is 0 Å².